The van der Waals surface area contributed by atoms with Gasteiger partial charge < -0.3 is 19.5 Å². The average Bonchev–Trinajstić information content (AvgIpc) is 3.04. The molecular weight excluding hydrogens is 326 g/mol. The molecule has 2 heterocycles. The van der Waals surface area contributed by atoms with Crippen molar-refractivity contribution in [2.24, 2.45) is 0 Å². The van der Waals surface area contributed by atoms with Crippen LogP contribution in [0.1, 0.15) is 43.8 Å². The minimum absolute atomic E-state index is 0.0953. The van der Waals surface area contributed by atoms with E-state index in [1.807, 2.05) is 17.0 Å². The highest BCUT2D eigenvalue weighted by molar-refractivity contribution is 7.09. The van der Waals surface area contributed by atoms with Crippen molar-refractivity contribution in [3.8, 4) is 11.5 Å². The van der Waals surface area contributed by atoms with E-state index in [0.29, 0.717) is 18.8 Å². The lowest BCUT2D eigenvalue weighted by molar-refractivity contribution is 0.169. The largest absolute Gasteiger partial charge is 0.496 e. The summed E-state index contributed by atoms with van der Waals surface area (Å²) in [4.78, 5) is 6.70. The monoisotopic (exact) mass is 349 g/mol. The van der Waals surface area contributed by atoms with Crippen molar-refractivity contribution in [1.29, 1.82) is 0 Å². The van der Waals surface area contributed by atoms with Crippen LogP contribution in [-0.2, 0) is 12.0 Å². The van der Waals surface area contributed by atoms with Crippen molar-refractivity contribution < 1.29 is 14.6 Å². The van der Waals surface area contributed by atoms with Crippen molar-refractivity contribution in [2.75, 3.05) is 25.7 Å². The van der Waals surface area contributed by atoms with Gasteiger partial charge in [-0.05, 0) is 12.1 Å². The molecule has 0 bridgehead atoms. The van der Waals surface area contributed by atoms with Gasteiger partial charge in [-0.2, -0.15) is 4.37 Å². The van der Waals surface area contributed by atoms with Gasteiger partial charge in [0.2, 0.25) is 5.13 Å². The summed E-state index contributed by atoms with van der Waals surface area (Å²) >= 11 is 1.36. The molecular formula is C17H23N3O3S. The zero-order chi connectivity index (χ0) is 17.5. The lowest BCUT2D eigenvalue weighted by atomic mass is 9.95. The first-order valence-electron chi connectivity index (χ1n) is 7.86. The van der Waals surface area contributed by atoms with E-state index in [1.54, 1.807) is 14.2 Å². The molecule has 0 spiro atoms. The maximum atomic E-state index is 10.7. The van der Waals surface area contributed by atoms with Gasteiger partial charge in [0, 0.05) is 34.6 Å². The van der Waals surface area contributed by atoms with Crippen LogP contribution in [0.5, 0.6) is 11.5 Å². The number of ether oxygens (including phenoxy) is 2. The minimum Gasteiger partial charge on any atom is -0.496 e. The third-order valence-corrected chi connectivity index (χ3v) is 4.92. The molecule has 1 aliphatic heterocycles. The van der Waals surface area contributed by atoms with Gasteiger partial charge in [-0.25, -0.2) is 4.98 Å². The fraction of sp³-hybridized carbons (Fsp3) is 0.529. The Morgan fingerprint density at radius 3 is 2.46 bits per heavy atom. The van der Waals surface area contributed by atoms with Gasteiger partial charge >= 0.3 is 0 Å². The topological polar surface area (TPSA) is 67.7 Å². The highest BCUT2D eigenvalue weighted by atomic mass is 32.1. The quantitative estimate of drug-likeness (QED) is 0.919. The smallest absolute Gasteiger partial charge is 0.205 e. The number of methoxy groups -OCH3 is 2. The third-order valence-electron chi connectivity index (χ3n) is 4.15. The summed E-state index contributed by atoms with van der Waals surface area (Å²) in [6.45, 7) is 7.33. The van der Waals surface area contributed by atoms with Gasteiger partial charge in [0.25, 0.3) is 0 Å². The second-order valence-electron chi connectivity index (χ2n) is 6.91. The second kappa shape index (κ2) is 6.22. The summed E-state index contributed by atoms with van der Waals surface area (Å²) in [5, 5.41) is 11.5. The Labute approximate surface area is 146 Å². The highest BCUT2D eigenvalue weighted by Gasteiger charge is 2.32. The lowest BCUT2D eigenvalue weighted by Gasteiger charge is -2.33. The molecule has 3 rings (SSSR count). The first-order valence-corrected chi connectivity index (χ1v) is 8.63. The molecule has 1 N–H and O–H groups in total. The van der Waals surface area contributed by atoms with Gasteiger partial charge in [-0.3, -0.25) is 0 Å². The van der Waals surface area contributed by atoms with Crippen molar-refractivity contribution >= 4 is 16.7 Å². The summed E-state index contributed by atoms with van der Waals surface area (Å²) in [7, 11) is 3.25. The molecule has 7 heteroatoms. The molecule has 0 unspecified atom stereocenters. The van der Waals surface area contributed by atoms with Crippen molar-refractivity contribution in [1.82, 2.24) is 9.36 Å². The number of nitrogens with zero attached hydrogens (tertiary/aromatic N) is 3. The van der Waals surface area contributed by atoms with Crippen LogP contribution in [0, 0.1) is 0 Å². The van der Waals surface area contributed by atoms with Crippen molar-refractivity contribution in [3.05, 3.63) is 29.1 Å². The van der Waals surface area contributed by atoms with E-state index in [1.165, 1.54) is 11.5 Å². The summed E-state index contributed by atoms with van der Waals surface area (Å²) in [5.41, 5.74) is 1.64. The molecule has 0 saturated heterocycles. The standard InChI is InChI=1S/C17H23N3O3S/c1-17(2,3)15-18-16(24-19-15)20-8-10-12(22-4)6-7-13(23-5)14(10)11(21)9-20/h6-7,11,21H,8-9H2,1-5H3/t11-/m0/s1. The number of aliphatic hydroxyl groups is 1. The molecule has 0 saturated carbocycles. The van der Waals surface area contributed by atoms with Gasteiger partial charge in [0.15, 0.2) is 0 Å². The molecule has 2 aromatic rings. The number of β-amino-alcohol motifs (C(OH)–C–C–N with tert-alkyl or cyclic N) is 1. The molecule has 0 fully saturated rings. The summed E-state index contributed by atoms with van der Waals surface area (Å²) < 4.78 is 15.4. The molecule has 0 amide bonds. The third kappa shape index (κ3) is 2.93. The highest BCUT2D eigenvalue weighted by Crippen LogP contribution is 2.41. The van der Waals surface area contributed by atoms with Crippen LogP contribution in [0.15, 0.2) is 12.1 Å². The summed E-state index contributed by atoms with van der Waals surface area (Å²) in [6.07, 6.45) is -0.666. The number of rotatable bonds is 3. The van der Waals surface area contributed by atoms with Crippen LogP contribution in [-0.4, -0.2) is 35.2 Å². The van der Waals surface area contributed by atoms with Crippen LogP contribution in [0.2, 0.25) is 0 Å². The fourth-order valence-corrected chi connectivity index (χ4v) is 3.74. The number of hydrogen-bond donors (Lipinski definition) is 1. The van der Waals surface area contributed by atoms with Gasteiger partial charge in [0.1, 0.15) is 23.4 Å². The molecule has 130 valence electrons. The lowest BCUT2D eigenvalue weighted by Crippen LogP contribution is -2.34. The maximum Gasteiger partial charge on any atom is 0.205 e. The van der Waals surface area contributed by atoms with Gasteiger partial charge in [-0.1, -0.05) is 20.8 Å². The Balaban J connectivity index is 1.98. The predicted octanol–water partition coefficient (Wildman–Crippen LogP) is 2.91. The first kappa shape index (κ1) is 17.0. The van der Waals surface area contributed by atoms with Crippen LogP contribution < -0.4 is 14.4 Å². The molecule has 24 heavy (non-hydrogen) atoms. The van der Waals surface area contributed by atoms with Crippen LogP contribution in [0.3, 0.4) is 0 Å². The Kier molecular flexibility index (Phi) is 4.40. The molecule has 1 atom stereocenters. The molecule has 0 aliphatic carbocycles. The van der Waals surface area contributed by atoms with Gasteiger partial charge in [-0.15, -0.1) is 0 Å². The fourth-order valence-electron chi connectivity index (χ4n) is 2.87. The summed E-state index contributed by atoms with van der Waals surface area (Å²) in [5.74, 6) is 2.25. The van der Waals surface area contributed by atoms with E-state index >= 15 is 0 Å². The Morgan fingerprint density at radius 1 is 1.21 bits per heavy atom. The van der Waals surface area contributed by atoms with Gasteiger partial charge in [0.05, 0.1) is 20.8 Å². The summed E-state index contributed by atoms with van der Waals surface area (Å²) in [6, 6.07) is 3.70. The first-order chi connectivity index (χ1) is 11.3. The normalized spacial score (nSPS) is 17.6. The zero-order valence-electron chi connectivity index (χ0n) is 14.7. The Morgan fingerprint density at radius 2 is 1.88 bits per heavy atom. The molecule has 1 aliphatic rings. The number of aliphatic hydroxyl groups excluding tert-OH is 1. The number of aromatic nitrogens is 2. The van der Waals surface area contributed by atoms with E-state index in [2.05, 4.69) is 30.1 Å². The number of fused-ring (bicyclic) bond motifs is 1. The van der Waals surface area contributed by atoms with E-state index in [0.717, 1.165) is 27.8 Å². The second-order valence-corrected chi connectivity index (χ2v) is 7.64. The average molecular weight is 349 g/mol. The molecule has 1 aromatic carbocycles. The van der Waals surface area contributed by atoms with E-state index in [9.17, 15) is 5.11 Å². The molecule has 0 radical (unpaired) electrons. The van der Waals surface area contributed by atoms with Crippen LogP contribution >= 0.6 is 11.5 Å². The number of anilines is 1. The number of hydrogen-bond acceptors (Lipinski definition) is 7. The zero-order valence-corrected chi connectivity index (χ0v) is 15.5. The SMILES string of the molecule is COc1ccc(OC)c2c1CN(c1nc(C(C)(C)C)ns1)C[C@@H]2O. The van der Waals surface area contributed by atoms with Crippen LogP contribution in [0.4, 0.5) is 5.13 Å². The molecule has 1 aromatic heterocycles. The van der Waals surface area contributed by atoms with Crippen molar-refractivity contribution in [2.45, 2.75) is 38.8 Å². The predicted molar refractivity (Wildman–Crippen MR) is 94.2 cm³/mol. The minimum atomic E-state index is -0.666. The Hall–Kier alpha value is -1.86. The molecule has 6 nitrogen and oxygen atoms in total. The number of benzene rings is 1. The Bertz CT molecular complexity index is 739. The van der Waals surface area contributed by atoms with E-state index in [-0.39, 0.29) is 5.41 Å². The van der Waals surface area contributed by atoms with Crippen molar-refractivity contribution in [3.63, 3.8) is 0 Å². The van der Waals surface area contributed by atoms with E-state index in [4.69, 9.17) is 9.47 Å². The van der Waals surface area contributed by atoms with E-state index < -0.39 is 6.10 Å². The maximum absolute atomic E-state index is 10.7. The van der Waals surface area contributed by atoms with Crippen LogP contribution in [0.25, 0.3) is 0 Å².